The Labute approximate surface area is 100.0 Å². The fourth-order valence-electron chi connectivity index (χ4n) is 2.28. The molecule has 1 aromatic carbocycles. The van der Waals surface area contributed by atoms with Crippen LogP contribution in [-0.4, -0.2) is 19.7 Å². The van der Waals surface area contributed by atoms with Crippen molar-refractivity contribution < 1.29 is 13.5 Å². The van der Waals surface area contributed by atoms with Crippen LogP contribution in [0.1, 0.15) is 30.4 Å². The molecular weight excluding hydrogens is 224 g/mol. The van der Waals surface area contributed by atoms with E-state index in [-0.39, 0.29) is 0 Å². The molecule has 0 saturated carbocycles. The minimum atomic E-state index is -2.75. The molecule has 1 aliphatic rings. The van der Waals surface area contributed by atoms with Crippen molar-refractivity contribution in [2.45, 2.75) is 32.3 Å². The van der Waals surface area contributed by atoms with E-state index in [4.69, 9.17) is 0 Å². The highest BCUT2D eigenvalue weighted by Gasteiger charge is 2.18. The summed E-state index contributed by atoms with van der Waals surface area (Å²) in [6.07, 6.45) is 1.81. The van der Waals surface area contributed by atoms with E-state index in [1.807, 2.05) is 19.1 Å². The lowest BCUT2D eigenvalue weighted by Crippen LogP contribution is -2.09. The van der Waals surface area contributed by atoms with Gasteiger partial charge in [0.2, 0.25) is 0 Å². The molecule has 0 radical (unpaired) electrons. The molecule has 94 valence electrons. The Kier molecular flexibility index (Phi) is 3.94. The maximum Gasteiger partial charge on any atom is 0.387 e. The molecule has 0 aliphatic carbocycles. The first-order valence-electron chi connectivity index (χ1n) is 5.99. The minimum Gasteiger partial charge on any atom is -0.435 e. The van der Waals surface area contributed by atoms with Crippen LogP contribution in [0.5, 0.6) is 5.75 Å². The van der Waals surface area contributed by atoms with Crippen LogP contribution < -0.4 is 10.1 Å². The van der Waals surface area contributed by atoms with Crippen molar-refractivity contribution in [1.82, 2.24) is 5.32 Å². The first-order chi connectivity index (χ1) is 8.20. The Hall–Kier alpha value is -1.16. The van der Waals surface area contributed by atoms with Crippen LogP contribution in [-0.2, 0) is 6.42 Å². The number of aryl methyl sites for hydroxylation is 1. The van der Waals surface area contributed by atoms with Crippen LogP contribution >= 0.6 is 0 Å². The number of hydrogen-bond donors (Lipinski definition) is 1. The summed E-state index contributed by atoms with van der Waals surface area (Å²) in [7, 11) is 0. The monoisotopic (exact) mass is 241 g/mol. The summed E-state index contributed by atoms with van der Waals surface area (Å²) in [5.41, 5.74) is 2.07. The maximum atomic E-state index is 12.2. The van der Waals surface area contributed by atoms with Gasteiger partial charge in [-0.25, -0.2) is 0 Å². The lowest BCUT2D eigenvalue weighted by molar-refractivity contribution is -0.0504. The first kappa shape index (κ1) is 12.3. The zero-order chi connectivity index (χ0) is 12.3. The third kappa shape index (κ3) is 2.94. The SMILES string of the molecule is CCc1cc(C2CCNC2)ccc1OC(F)F. The van der Waals surface area contributed by atoms with Gasteiger partial charge in [-0.3, -0.25) is 0 Å². The van der Waals surface area contributed by atoms with E-state index in [0.29, 0.717) is 18.1 Å². The van der Waals surface area contributed by atoms with Gasteiger partial charge in [0.05, 0.1) is 0 Å². The second-order valence-electron chi connectivity index (χ2n) is 4.29. The summed E-state index contributed by atoms with van der Waals surface area (Å²) >= 11 is 0. The van der Waals surface area contributed by atoms with Crippen molar-refractivity contribution in [2.24, 2.45) is 0 Å². The second-order valence-corrected chi connectivity index (χ2v) is 4.29. The van der Waals surface area contributed by atoms with E-state index in [1.54, 1.807) is 6.07 Å². The van der Waals surface area contributed by atoms with Gasteiger partial charge in [0.15, 0.2) is 0 Å². The minimum absolute atomic E-state index is 0.303. The van der Waals surface area contributed by atoms with Gasteiger partial charge in [-0.15, -0.1) is 0 Å². The Morgan fingerprint density at radius 3 is 2.88 bits per heavy atom. The molecule has 1 atom stereocenters. The number of halogens is 2. The lowest BCUT2D eigenvalue weighted by atomic mass is 9.95. The van der Waals surface area contributed by atoms with Crippen LogP contribution in [0.2, 0.25) is 0 Å². The molecule has 2 nitrogen and oxygen atoms in total. The number of rotatable bonds is 4. The van der Waals surface area contributed by atoms with Crippen LogP contribution in [0.3, 0.4) is 0 Å². The van der Waals surface area contributed by atoms with E-state index in [0.717, 1.165) is 25.1 Å². The maximum absolute atomic E-state index is 12.2. The third-order valence-electron chi connectivity index (χ3n) is 3.21. The van der Waals surface area contributed by atoms with E-state index in [1.165, 1.54) is 5.56 Å². The molecule has 1 N–H and O–H groups in total. The zero-order valence-corrected chi connectivity index (χ0v) is 9.88. The van der Waals surface area contributed by atoms with Crippen LogP contribution in [0.4, 0.5) is 8.78 Å². The van der Waals surface area contributed by atoms with Crippen molar-refractivity contribution in [3.05, 3.63) is 29.3 Å². The normalized spacial score (nSPS) is 19.9. The highest BCUT2D eigenvalue weighted by atomic mass is 19.3. The highest BCUT2D eigenvalue weighted by Crippen LogP contribution is 2.28. The molecule has 17 heavy (non-hydrogen) atoms. The molecule has 1 heterocycles. The molecule has 2 rings (SSSR count). The molecule has 1 aliphatic heterocycles. The van der Waals surface area contributed by atoms with Crippen LogP contribution in [0, 0.1) is 0 Å². The molecule has 0 bridgehead atoms. The molecule has 1 saturated heterocycles. The molecule has 1 fully saturated rings. The van der Waals surface area contributed by atoms with Crippen molar-refractivity contribution >= 4 is 0 Å². The Bertz CT molecular complexity index is 376. The molecule has 4 heteroatoms. The van der Waals surface area contributed by atoms with Gasteiger partial charge in [0.25, 0.3) is 0 Å². The molecule has 0 amide bonds. The summed E-state index contributed by atoms with van der Waals surface area (Å²) in [5.74, 6) is 0.804. The largest absolute Gasteiger partial charge is 0.435 e. The van der Waals surface area contributed by atoms with Crippen LogP contribution in [0.15, 0.2) is 18.2 Å². The molecule has 0 aromatic heterocycles. The van der Waals surface area contributed by atoms with Gasteiger partial charge >= 0.3 is 6.61 Å². The zero-order valence-electron chi connectivity index (χ0n) is 9.88. The number of nitrogens with one attached hydrogen (secondary N) is 1. The van der Waals surface area contributed by atoms with E-state index < -0.39 is 6.61 Å². The lowest BCUT2D eigenvalue weighted by Gasteiger charge is -2.14. The average Bonchev–Trinajstić information content (AvgIpc) is 2.82. The molecule has 1 aromatic rings. The smallest absolute Gasteiger partial charge is 0.387 e. The Morgan fingerprint density at radius 1 is 1.47 bits per heavy atom. The molecule has 1 unspecified atom stereocenters. The van der Waals surface area contributed by atoms with Gasteiger partial charge in [-0.1, -0.05) is 19.1 Å². The standard InChI is InChI=1S/C13H17F2NO/c1-2-9-7-10(11-5-6-16-8-11)3-4-12(9)17-13(14)15/h3-4,7,11,13,16H,2,5-6,8H2,1H3. The van der Waals surface area contributed by atoms with Gasteiger partial charge in [-0.2, -0.15) is 8.78 Å². The van der Waals surface area contributed by atoms with Crippen LogP contribution in [0.25, 0.3) is 0 Å². The number of ether oxygens (including phenoxy) is 1. The van der Waals surface area contributed by atoms with Gasteiger partial charge in [0.1, 0.15) is 5.75 Å². The van der Waals surface area contributed by atoms with Gasteiger partial charge in [-0.05, 0) is 42.5 Å². The second kappa shape index (κ2) is 5.45. The van der Waals surface area contributed by atoms with Crippen molar-refractivity contribution in [3.8, 4) is 5.75 Å². The predicted octanol–water partition coefficient (Wildman–Crippen LogP) is 2.93. The summed E-state index contributed by atoms with van der Waals surface area (Å²) in [6.45, 7) is 1.20. The Morgan fingerprint density at radius 2 is 2.29 bits per heavy atom. The fraction of sp³-hybridized carbons (Fsp3) is 0.538. The Balaban J connectivity index is 2.20. The number of alkyl halides is 2. The van der Waals surface area contributed by atoms with Gasteiger partial charge < -0.3 is 10.1 Å². The van der Waals surface area contributed by atoms with E-state index >= 15 is 0 Å². The third-order valence-corrected chi connectivity index (χ3v) is 3.21. The van der Waals surface area contributed by atoms with Crippen molar-refractivity contribution in [2.75, 3.05) is 13.1 Å². The molecule has 0 spiro atoms. The summed E-state index contributed by atoms with van der Waals surface area (Å²) < 4.78 is 28.9. The summed E-state index contributed by atoms with van der Waals surface area (Å²) in [4.78, 5) is 0. The summed E-state index contributed by atoms with van der Waals surface area (Å²) in [6, 6.07) is 5.56. The summed E-state index contributed by atoms with van der Waals surface area (Å²) in [5, 5.41) is 3.30. The van der Waals surface area contributed by atoms with Gasteiger partial charge in [0, 0.05) is 6.54 Å². The fourth-order valence-corrected chi connectivity index (χ4v) is 2.28. The molecular formula is C13H17F2NO. The average molecular weight is 241 g/mol. The first-order valence-corrected chi connectivity index (χ1v) is 5.99. The number of hydrogen-bond acceptors (Lipinski definition) is 2. The topological polar surface area (TPSA) is 21.3 Å². The quantitative estimate of drug-likeness (QED) is 0.875. The van der Waals surface area contributed by atoms with Crippen molar-refractivity contribution in [1.29, 1.82) is 0 Å². The van der Waals surface area contributed by atoms with Crippen molar-refractivity contribution in [3.63, 3.8) is 0 Å². The van der Waals surface area contributed by atoms with E-state index in [9.17, 15) is 8.78 Å². The predicted molar refractivity (Wildman–Crippen MR) is 62.7 cm³/mol. The highest BCUT2D eigenvalue weighted by molar-refractivity contribution is 5.39. The number of benzene rings is 1. The van der Waals surface area contributed by atoms with E-state index in [2.05, 4.69) is 10.1 Å².